The minimum Gasteiger partial charge on any atom is -0.460 e. The van der Waals surface area contributed by atoms with E-state index in [1.54, 1.807) is 18.2 Å². The fourth-order valence-corrected chi connectivity index (χ4v) is 1.40. The molecule has 4 nitrogen and oxygen atoms in total. The first kappa shape index (κ1) is 14.5. The van der Waals surface area contributed by atoms with E-state index in [1.807, 2.05) is 6.92 Å². The molecule has 0 aromatic heterocycles. The Kier molecular flexibility index (Phi) is 5.65. The van der Waals surface area contributed by atoms with Crippen molar-refractivity contribution in [3.05, 3.63) is 29.3 Å². The summed E-state index contributed by atoms with van der Waals surface area (Å²) in [6, 6.07) is 5.10. The molecule has 0 saturated carbocycles. The van der Waals surface area contributed by atoms with Gasteiger partial charge in [-0.05, 0) is 36.6 Å². The Bertz CT molecular complexity index is 402. The van der Waals surface area contributed by atoms with Crippen molar-refractivity contribution < 1.29 is 14.3 Å². The van der Waals surface area contributed by atoms with Crippen LogP contribution in [-0.4, -0.2) is 25.8 Å². The number of aryl methyl sites for hydroxylation is 1. The van der Waals surface area contributed by atoms with Crippen LogP contribution in [0.4, 0.5) is 5.69 Å². The quantitative estimate of drug-likeness (QED) is 0.479. The van der Waals surface area contributed by atoms with Crippen LogP contribution in [0.3, 0.4) is 0 Å². The van der Waals surface area contributed by atoms with E-state index >= 15 is 0 Å². The number of hydrogen-bond donors (Lipinski definition) is 1. The van der Waals surface area contributed by atoms with Crippen LogP contribution < -0.4 is 5.73 Å². The summed E-state index contributed by atoms with van der Waals surface area (Å²) in [6.45, 7) is 7.38. The molecule has 0 aliphatic rings. The van der Waals surface area contributed by atoms with Crippen molar-refractivity contribution in [2.24, 2.45) is 5.92 Å². The van der Waals surface area contributed by atoms with Gasteiger partial charge in [-0.15, -0.1) is 0 Å². The maximum atomic E-state index is 11.7. The third-order valence-electron chi connectivity index (χ3n) is 2.42. The fourth-order valence-electron chi connectivity index (χ4n) is 1.40. The molecule has 0 fully saturated rings. The molecule has 0 unspecified atom stereocenters. The molecule has 0 heterocycles. The third-order valence-corrected chi connectivity index (χ3v) is 2.42. The summed E-state index contributed by atoms with van der Waals surface area (Å²) in [4.78, 5) is 11.7. The van der Waals surface area contributed by atoms with E-state index in [2.05, 4.69) is 13.8 Å². The van der Waals surface area contributed by atoms with E-state index in [4.69, 9.17) is 15.2 Å². The van der Waals surface area contributed by atoms with Gasteiger partial charge in [0.25, 0.3) is 0 Å². The van der Waals surface area contributed by atoms with E-state index in [0.29, 0.717) is 30.4 Å². The molecular formula is C14H21NO3. The number of esters is 1. The van der Waals surface area contributed by atoms with Gasteiger partial charge in [0.15, 0.2) is 0 Å². The Morgan fingerprint density at radius 3 is 2.67 bits per heavy atom. The standard InChI is InChI=1S/C14H21NO3/c1-10(2)9-17-6-7-18-14(16)12-4-5-13(15)11(3)8-12/h4-5,8,10H,6-7,9,15H2,1-3H3. The van der Waals surface area contributed by atoms with Crippen molar-refractivity contribution in [3.8, 4) is 0 Å². The largest absolute Gasteiger partial charge is 0.460 e. The Balaban J connectivity index is 2.34. The van der Waals surface area contributed by atoms with E-state index in [-0.39, 0.29) is 12.6 Å². The van der Waals surface area contributed by atoms with Gasteiger partial charge < -0.3 is 15.2 Å². The van der Waals surface area contributed by atoms with Crippen LogP contribution in [0.5, 0.6) is 0 Å². The van der Waals surface area contributed by atoms with Gasteiger partial charge in [-0.3, -0.25) is 0 Å². The van der Waals surface area contributed by atoms with Gasteiger partial charge in [0.2, 0.25) is 0 Å². The van der Waals surface area contributed by atoms with Gasteiger partial charge in [-0.25, -0.2) is 4.79 Å². The summed E-state index contributed by atoms with van der Waals surface area (Å²) >= 11 is 0. The average molecular weight is 251 g/mol. The summed E-state index contributed by atoms with van der Waals surface area (Å²) in [5, 5.41) is 0. The number of ether oxygens (including phenoxy) is 2. The first-order valence-corrected chi connectivity index (χ1v) is 6.11. The molecule has 0 spiro atoms. The second kappa shape index (κ2) is 7.01. The molecule has 1 rings (SSSR count). The smallest absolute Gasteiger partial charge is 0.338 e. The third kappa shape index (κ3) is 4.75. The maximum absolute atomic E-state index is 11.7. The minimum absolute atomic E-state index is 0.273. The van der Waals surface area contributed by atoms with E-state index in [9.17, 15) is 4.79 Å². The lowest BCUT2D eigenvalue weighted by molar-refractivity contribution is 0.0277. The number of carbonyl (C=O) groups is 1. The van der Waals surface area contributed by atoms with E-state index < -0.39 is 0 Å². The highest BCUT2D eigenvalue weighted by Gasteiger charge is 2.08. The monoisotopic (exact) mass is 251 g/mol. The van der Waals surface area contributed by atoms with Gasteiger partial charge in [0, 0.05) is 12.3 Å². The zero-order valence-electron chi connectivity index (χ0n) is 11.2. The van der Waals surface area contributed by atoms with Crippen LogP contribution in [0, 0.1) is 12.8 Å². The summed E-state index contributed by atoms with van der Waals surface area (Å²) in [5.74, 6) is 0.145. The molecule has 1 aromatic rings. The molecule has 18 heavy (non-hydrogen) atoms. The zero-order chi connectivity index (χ0) is 13.5. The van der Waals surface area contributed by atoms with Crippen molar-refractivity contribution in [3.63, 3.8) is 0 Å². The normalized spacial score (nSPS) is 10.7. The lowest BCUT2D eigenvalue weighted by Crippen LogP contribution is -2.13. The van der Waals surface area contributed by atoms with Crippen LogP contribution in [0.25, 0.3) is 0 Å². The molecule has 0 amide bonds. The summed E-state index contributed by atoms with van der Waals surface area (Å²) < 4.78 is 10.4. The topological polar surface area (TPSA) is 61.5 Å². The SMILES string of the molecule is Cc1cc(C(=O)OCCOCC(C)C)ccc1N. The van der Waals surface area contributed by atoms with Gasteiger partial charge in [-0.2, -0.15) is 0 Å². The highest BCUT2D eigenvalue weighted by Crippen LogP contribution is 2.13. The second-order valence-electron chi connectivity index (χ2n) is 4.68. The highest BCUT2D eigenvalue weighted by molar-refractivity contribution is 5.90. The number of nitrogens with two attached hydrogens (primary N) is 1. The Morgan fingerprint density at radius 2 is 2.06 bits per heavy atom. The van der Waals surface area contributed by atoms with Crippen LogP contribution in [0.1, 0.15) is 29.8 Å². The minimum atomic E-state index is -0.341. The van der Waals surface area contributed by atoms with Gasteiger partial charge >= 0.3 is 5.97 Å². The van der Waals surface area contributed by atoms with E-state index in [0.717, 1.165) is 5.56 Å². The zero-order valence-corrected chi connectivity index (χ0v) is 11.2. The predicted octanol–water partition coefficient (Wildman–Crippen LogP) is 2.41. The van der Waals surface area contributed by atoms with Crippen molar-refractivity contribution in [2.75, 3.05) is 25.6 Å². The molecule has 0 bridgehead atoms. The Labute approximate surface area is 108 Å². The number of nitrogen functional groups attached to an aromatic ring is 1. The van der Waals surface area contributed by atoms with Crippen LogP contribution in [-0.2, 0) is 9.47 Å². The van der Waals surface area contributed by atoms with Crippen LogP contribution in [0.15, 0.2) is 18.2 Å². The summed E-state index contributed by atoms with van der Waals surface area (Å²) in [5.41, 5.74) is 7.75. The lowest BCUT2D eigenvalue weighted by atomic mass is 10.1. The summed E-state index contributed by atoms with van der Waals surface area (Å²) in [6.07, 6.45) is 0. The number of rotatable bonds is 6. The molecule has 0 aliphatic heterocycles. The first-order chi connectivity index (χ1) is 8.50. The van der Waals surface area contributed by atoms with Crippen molar-refractivity contribution in [1.82, 2.24) is 0 Å². The molecule has 1 aromatic carbocycles. The fraction of sp³-hybridized carbons (Fsp3) is 0.500. The van der Waals surface area contributed by atoms with Gasteiger partial charge in [-0.1, -0.05) is 13.8 Å². The molecule has 4 heteroatoms. The lowest BCUT2D eigenvalue weighted by Gasteiger charge is -2.08. The van der Waals surface area contributed by atoms with Crippen LogP contribution in [0.2, 0.25) is 0 Å². The van der Waals surface area contributed by atoms with Crippen LogP contribution >= 0.6 is 0 Å². The predicted molar refractivity (Wildman–Crippen MR) is 71.5 cm³/mol. The maximum Gasteiger partial charge on any atom is 0.338 e. The number of carbonyl (C=O) groups excluding carboxylic acids is 1. The molecular weight excluding hydrogens is 230 g/mol. The van der Waals surface area contributed by atoms with Gasteiger partial charge in [0.1, 0.15) is 6.61 Å². The Hall–Kier alpha value is -1.55. The number of anilines is 1. The average Bonchev–Trinajstić information content (AvgIpc) is 2.31. The van der Waals surface area contributed by atoms with Crippen molar-refractivity contribution in [1.29, 1.82) is 0 Å². The van der Waals surface area contributed by atoms with Crippen molar-refractivity contribution >= 4 is 11.7 Å². The van der Waals surface area contributed by atoms with Gasteiger partial charge in [0.05, 0.1) is 12.2 Å². The summed E-state index contributed by atoms with van der Waals surface area (Å²) in [7, 11) is 0. The highest BCUT2D eigenvalue weighted by atomic mass is 16.6. The molecule has 0 radical (unpaired) electrons. The van der Waals surface area contributed by atoms with E-state index in [1.165, 1.54) is 0 Å². The Morgan fingerprint density at radius 1 is 1.33 bits per heavy atom. The molecule has 100 valence electrons. The molecule has 0 atom stereocenters. The first-order valence-electron chi connectivity index (χ1n) is 6.11. The molecule has 2 N–H and O–H groups in total. The number of benzene rings is 1. The second-order valence-corrected chi connectivity index (χ2v) is 4.68. The number of hydrogen-bond acceptors (Lipinski definition) is 4. The molecule has 0 aliphatic carbocycles. The molecule has 0 saturated heterocycles. The van der Waals surface area contributed by atoms with Crippen molar-refractivity contribution in [2.45, 2.75) is 20.8 Å².